The van der Waals surface area contributed by atoms with Gasteiger partial charge in [0, 0.05) is 54.1 Å². The summed E-state index contributed by atoms with van der Waals surface area (Å²) >= 11 is 0. The van der Waals surface area contributed by atoms with Crippen molar-refractivity contribution < 1.29 is 33.8 Å². The largest absolute Gasteiger partial charge is 0.506 e. The first-order chi connectivity index (χ1) is 21.9. The van der Waals surface area contributed by atoms with Crippen molar-refractivity contribution in [2.75, 3.05) is 0 Å². The molecule has 46 heavy (non-hydrogen) atoms. The number of pyridine rings is 2. The number of aromatic hydroxyl groups is 1. The fraction of sp³-hybridized carbons (Fsp3) is 0.667. The molecule has 0 bridgehead atoms. The zero-order valence-corrected chi connectivity index (χ0v) is 28.0. The number of nitrogens with zero attached hydrogens (tertiary/aromatic N) is 2. The predicted molar refractivity (Wildman–Crippen MR) is 174 cm³/mol. The number of ketones is 2. The number of fused-ring (bicyclic) bond motifs is 1. The predicted octanol–water partition coefficient (Wildman–Crippen LogP) is 6.64. The van der Waals surface area contributed by atoms with Gasteiger partial charge >= 0.3 is 12.1 Å². The molecule has 252 valence electrons. The highest BCUT2D eigenvalue weighted by Gasteiger charge is 2.48. The van der Waals surface area contributed by atoms with Crippen molar-refractivity contribution in [3.8, 4) is 5.75 Å². The first-order valence-electron chi connectivity index (χ1n) is 17.1. The molecule has 2 unspecified atom stereocenters. The monoisotopic (exact) mass is 637 g/mol. The second-order valence-corrected chi connectivity index (χ2v) is 13.6. The highest BCUT2D eigenvalue weighted by molar-refractivity contribution is 5.98. The molecule has 1 saturated carbocycles. The van der Waals surface area contributed by atoms with Gasteiger partial charge in [0.25, 0.3) is 0 Å². The third kappa shape index (κ3) is 8.42. The number of amides is 1. The maximum absolute atomic E-state index is 13.5. The third-order valence-corrected chi connectivity index (χ3v) is 10.6. The molecule has 2 aliphatic rings. The van der Waals surface area contributed by atoms with Crippen LogP contribution in [0.5, 0.6) is 5.75 Å². The number of cyclic esters (lactones) is 1. The molecular formula is C36H51N3O7. The second-order valence-electron chi connectivity index (χ2n) is 13.6. The van der Waals surface area contributed by atoms with E-state index in [0.29, 0.717) is 38.0 Å². The zero-order valence-electron chi connectivity index (χ0n) is 28.0. The number of aryl methyl sites for hydroxylation is 1. The molecule has 4 rings (SSSR count). The second kappa shape index (κ2) is 15.8. The molecule has 2 N–H and O–H groups in total. The van der Waals surface area contributed by atoms with Gasteiger partial charge in [0.05, 0.1) is 11.7 Å². The number of ether oxygens (including phenoxy) is 2. The van der Waals surface area contributed by atoms with Gasteiger partial charge in [0.15, 0.2) is 5.60 Å². The van der Waals surface area contributed by atoms with Gasteiger partial charge in [0.1, 0.15) is 29.3 Å². The standard InChI is InChI=1S/C36H51N3O7/c1-6-33-36(5,24(4)22(2)30(40)13-8-7-9-14-31(41)23(3)34(43)45-33)46-35(44)39-26-16-15-25(19-26)11-10-12-27-28-20-37-18-17-29(28)38-21-32(27)42/h17-18,20-26,33,42H,6-16,19H2,1-5H3,(H,39,44)/t22-,23-,24-,25?,26?,33-,36+/m1/s1. The molecule has 0 spiro atoms. The van der Waals surface area contributed by atoms with E-state index in [2.05, 4.69) is 15.3 Å². The number of carbonyl (C=O) groups is 4. The van der Waals surface area contributed by atoms with E-state index >= 15 is 0 Å². The zero-order chi connectivity index (χ0) is 33.4. The lowest BCUT2D eigenvalue weighted by atomic mass is 9.74. The number of carbonyl (C=O) groups excluding carboxylic acids is 4. The molecule has 10 nitrogen and oxygen atoms in total. The van der Waals surface area contributed by atoms with Gasteiger partial charge < -0.3 is 19.9 Å². The molecular weight excluding hydrogens is 586 g/mol. The van der Waals surface area contributed by atoms with E-state index in [1.165, 1.54) is 6.20 Å². The number of Topliss-reactive ketones (excluding diaryl/α,β-unsaturated/α-hetero) is 2. The van der Waals surface area contributed by atoms with Gasteiger partial charge in [-0.25, -0.2) is 4.79 Å². The lowest BCUT2D eigenvalue weighted by Gasteiger charge is -2.43. The van der Waals surface area contributed by atoms with Gasteiger partial charge in [-0.3, -0.25) is 24.4 Å². The lowest BCUT2D eigenvalue weighted by molar-refractivity contribution is -0.178. The van der Waals surface area contributed by atoms with Crippen LogP contribution in [0.15, 0.2) is 24.7 Å². The maximum Gasteiger partial charge on any atom is 0.408 e. The lowest BCUT2D eigenvalue weighted by Crippen LogP contribution is -2.55. The Morgan fingerprint density at radius 3 is 2.57 bits per heavy atom. The Bertz CT molecular complexity index is 1400. The topological polar surface area (TPSA) is 145 Å². The summed E-state index contributed by atoms with van der Waals surface area (Å²) in [6.07, 6.45) is 11.7. The Morgan fingerprint density at radius 1 is 1.09 bits per heavy atom. The Morgan fingerprint density at radius 2 is 1.83 bits per heavy atom. The molecule has 10 heteroatoms. The van der Waals surface area contributed by atoms with Crippen LogP contribution in [0.25, 0.3) is 10.9 Å². The number of hydrogen-bond acceptors (Lipinski definition) is 9. The van der Waals surface area contributed by atoms with Crippen LogP contribution in [0.4, 0.5) is 4.79 Å². The first kappa shape index (κ1) is 35.3. The fourth-order valence-corrected chi connectivity index (χ4v) is 7.20. The molecule has 2 aromatic rings. The van der Waals surface area contributed by atoms with Gasteiger partial charge in [-0.1, -0.05) is 33.6 Å². The summed E-state index contributed by atoms with van der Waals surface area (Å²) in [5, 5.41) is 14.3. The van der Waals surface area contributed by atoms with E-state index < -0.39 is 41.5 Å². The Labute approximate surface area is 272 Å². The highest BCUT2D eigenvalue weighted by atomic mass is 16.6. The van der Waals surface area contributed by atoms with E-state index in [1.54, 1.807) is 26.2 Å². The van der Waals surface area contributed by atoms with Crippen molar-refractivity contribution in [3.05, 3.63) is 30.2 Å². The first-order valence-corrected chi connectivity index (χ1v) is 17.1. The van der Waals surface area contributed by atoms with E-state index in [-0.39, 0.29) is 29.8 Å². The van der Waals surface area contributed by atoms with E-state index in [9.17, 15) is 24.3 Å². The Hall–Kier alpha value is -3.56. The van der Waals surface area contributed by atoms with Crippen molar-refractivity contribution in [2.24, 2.45) is 23.7 Å². The van der Waals surface area contributed by atoms with Crippen molar-refractivity contribution in [1.29, 1.82) is 0 Å². The van der Waals surface area contributed by atoms with Gasteiger partial charge in [-0.15, -0.1) is 0 Å². The summed E-state index contributed by atoms with van der Waals surface area (Å²) in [5.74, 6) is -1.89. The molecule has 0 aromatic carbocycles. The van der Waals surface area contributed by atoms with Gasteiger partial charge in [0.2, 0.25) is 0 Å². The van der Waals surface area contributed by atoms with Crippen LogP contribution in [-0.4, -0.2) is 56.5 Å². The Kier molecular flexibility index (Phi) is 12.1. The SMILES string of the molecule is CC[C@H]1OC(=O)[C@H](C)C(=O)CCCCCC(=O)[C@H](C)[C@@H](C)[C@]1(C)OC(=O)NC1CCC(CCCc2c(O)cnc3ccncc23)C1. The van der Waals surface area contributed by atoms with Crippen LogP contribution in [-0.2, 0) is 30.3 Å². The van der Waals surface area contributed by atoms with E-state index in [1.807, 2.05) is 26.8 Å². The highest BCUT2D eigenvalue weighted by Crippen LogP contribution is 2.37. The van der Waals surface area contributed by atoms with Crippen LogP contribution in [0.1, 0.15) is 111 Å². The average Bonchev–Trinajstić information content (AvgIpc) is 3.48. The normalized spacial score (nSPS) is 30.1. The van der Waals surface area contributed by atoms with Gasteiger partial charge in [-0.05, 0) is 77.2 Å². The van der Waals surface area contributed by atoms with Crippen molar-refractivity contribution in [2.45, 2.75) is 129 Å². The number of alkyl carbamates (subject to hydrolysis) is 1. The number of nitrogens with one attached hydrogen (secondary N) is 1. The smallest absolute Gasteiger partial charge is 0.408 e. The molecule has 7 atom stereocenters. The summed E-state index contributed by atoms with van der Waals surface area (Å²) in [6.45, 7) is 8.88. The van der Waals surface area contributed by atoms with Crippen molar-refractivity contribution in [1.82, 2.24) is 15.3 Å². The van der Waals surface area contributed by atoms with E-state index in [4.69, 9.17) is 9.47 Å². The summed E-state index contributed by atoms with van der Waals surface area (Å²) in [4.78, 5) is 60.8. The number of hydrogen-bond donors (Lipinski definition) is 2. The molecule has 0 radical (unpaired) electrons. The quantitative estimate of drug-likeness (QED) is 0.252. The van der Waals surface area contributed by atoms with E-state index in [0.717, 1.165) is 55.0 Å². The summed E-state index contributed by atoms with van der Waals surface area (Å²) in [5.41, 5.74) is 0.375. The van der Waals surface area contributed by atoms with Crippen LogP contribution >= 0.6 is 0 Å². The number of esters is 1. The minimum atomic E-state index is -1.29. The van der Waals surface area contributed by atoms with Crippen LogP contribution < -0.4 is 5.32 Å². The summed E-state index contributed by atoms with van der Waals surface area (Å²) < 4.78 is 12.1. The maximum atomic E-state index is 13.5. The fourth-order valence-electron chi connectivity index (χ4n) is 7.20. The Balaban J connectivity index is 1.39. The summed E-state index contributed by atoms with van der Waals surface area (Å²) in [7, 11) is 0. The molecule has 2 aromatic heterocycles. The van der Waals surface area contributed by atoms with Crippen LogP contribution in [0.2, 0.25) is 0 Å². The molecule has 1 aliphatic heterocycles. The number of rotatable bonds is 7. The van der Waals surface area contributed by atoms with Crippen LogP contribution in [0.3, 0.4) is 0 Å². The molecule has 1 amide bonds. The van der Waals surface area contributed by atoms with Crippen molar-refractivity contribution in [3.63, 3.8) is 0 Å². The van der Waals surface area contributed by atoms with Gasteiger partial charge in [-0.2, -0.15) is 0 Å². The van der Waals surface area contributed by atoms with Crippen LogP contribution in [0, 0.1) is 23.7 Å². The molecule has 1 saturated heterocycles. The molecule has 2 fully saturated rings. The third-order valence-electron chi connectivity index (χ3n) is 10.6. The van der Waals surface area contributed by atoms with Crippen molar-refractivity contribution >= 4 is 34.5 Å². The summed E-state index contributed by atoms with van der Waals surface area (Å²) in [6, 6.07) is 1.77. The molecule has 3 heterocycles. The minimum Gasteiger partial charge on any atom is -0.506 e. The minimum absolute atomic E-state index is 0.0615. The number of aromatic nitrogens is 2. The average molecular weight is 638 g/mol. The molecule has 1 aliphatic carbocycles.